The van der Waals surface area contributed by atoms with Crippen molar-refractivity contribution < 1.29 is 9.53 Å². The number of aryl methyl sites for hydroxylation is 1. The average molecular weight is 362 g/mol. The van der Waals surface area contributed by atoms with Crippen LogP contribution in [0.3, 0.4) is 0 Å². The Morgan fingerprint density at radius 3 is 2.93 bits per heavy atom. The number of methoxy groups -OCH3 is 1. The number of ether oxygens (including phenoxy) is 1. The number of nitrogens with one attached hydrogen (secondary N) is 2. The number of imidazole rings is 1. The molecule has 6 nitrogen and oxygen atoms in total. The van der Waals surface area contributed by atoms with Crippen LogP contribution in [-0.4, -0.2) is 34.1 Å². The molecule has 0 atom stereocenters. The normalized spacial score (nSPS) is 11.1. The first-order valence-electron chi connectivity index (χ1n) is 9.07. The summed E-state index contributed by atoms with van der Waals surface area (Å²) >= 11 is 0. The number of fused-ring (bicyclic) bond motifs is 2. The van der Waals surface area contributed by atoms with Crippen LogP contribution in [-0.2, 0) is 17.8 Å². The smallest absolute Gasteiger partial charge is 0.221 e. The monoisotopic (exact) mass is 362 g/mol. The number of nitrogens with zero attached hydrogens (tertiary/aromatic N) is 2. The summed E-state index contributed by atoms with van der Waals surface area (Å²) in [5, 5.41) is 4.03. The number of amides is 1. The van der Waals surface area contributed by atoms with Crippen LogP contribution in [0.2, 0.25) is 0 Å². The van der Waals surface area contributed by atoms with E-state index in [2.05, 4.69) is 19.9 Å². The van der Waals surface area contributed by atoms with Crippen LogP contribution in [0.15, 0.2) is 54.7 Å². The lowest BCUT2D eigenvalue weighted by atomic mass is 10.2. The molecular weight excluding hydrogens is 340 g/mol. The molecule has 1 amide bonds. The van der Waals surface area contributed by atoms with Crippen LogP contribution in [0.1, 0.15) is 12.2 Å². The molecule has 2 aromatic carbocycles. The minimum atomic E-state index is 0.0378. The average Bonchev–Trinajstić information content (AvgIpc) is 3.29. The number of H-pyrrole nitrogens is 1. The summed E-state index contributed by atoms with van der Waals surface area (Å²) in [6.07, 6.45) is 3.11. The molecule has 0 aliphatic rings. The minimum absolute atomic E-state index is 0.0378. The third-order valence-electron chi connectivity index (χ3n) is 4.70. The van der Waals surface area contributed by atoms with E-state index in [1.54, 1.807) is 7.11 Å². The Morgan fingerprint density at radius 2 is 2.07 bits per heavy atom. The molecule has 27 heavy (non-hydrogen) atoms. The zero-order chi connectivity index (χ0) is 18.6. The molecule has 0 saturated carbocycles. The van der Waals surface area contributed by atoms with Crippen molar-refractivity contribution in [3.05, 3.63) is 60.6 Å². The molecule has 138 valence electrons. The Balaban J connectivity index is 1.30. The van der Waals surface area contributed by atoms with Crippen LogP contribution in [0.25, 0.3) is 21.9 Å². The fourth-order valence-electron chi connectivity index (χ4n) is 3.32. The van der Waals surface area contributed by atoms with Crippen molar-refractivity contribution in [2.45, 2.75) is 19.4 Å². The first-order chi connectivity index (χ1) is 13.2. The van der Waals surface area contributed by atoms with Crippen molar-refractivity contribution in [1.82, 2.24) is 19.9 Å². The largest absolute Gasteiger partial charge is 0.496 e. The Labute approximate surface area is 157 Å². The lowest BCUT2D eigenvalue weighted by Gasteiger charge is -2.07. The third-order valence-corrected chi connectivity index (χ3v) is 4.70. The molecule has 2 aromatic heterocycles. The Bertz CT molecular complexity index is 1050. The number of para-hydroxylation sites is 2. The molecule has 0 saturated heterocycles. The van der Waals surface area contributed by atoms with Gasteiger partial charge in [0.1, 0.15) is 11.6 Å². The van der Waals surface area contributed by atoms with E-state index in [-0.39, 0.29) is 5.91 Å². The van der Waals surface area contributed by atoms with Gasteiger partial charge in [0.05, 0.1) is 23.7 Å². The standard InChI is InChI=1S/C21H22N4O2/c1-27-19-8-4-7-18-15(19)10-13-25(18)14-11-21(26)22-12-9-20-23-16-5-2-3-6-17(16)24-20/h2-8,10,13H,9,11-12,14H2,1H3,(H,22,26)(H,23,24). The van der Waals surface area contributed by atoms with Gasteiger partial charge in [-0.3, -0.25) is 4.79 Å². The summed E-state index contributed by atoms with van der Waals surface area (Å²) < 4.78 is 7.46. The lowest BCUT2D eigenvalue weighted by molar-refractivity contribution is -0.121. The lowest BCUT2D eigenvalue weighted by Crippen LogP contribution is -2.26. The van der Waals surface area contributed by atoms with E-state index in [0.717, 1.165) is 33.5 Å². The van der Waals surface area contributed by atoms with Gasteiger partial charge in [-0.2, -0.15) is 0 Å². The van der Waals surface area contributed by atoms with E-state index in [1.165, 1.54) is 0 Å². The molecule has 0 aliphatic carbocycles. The van der Waals surface area contributed by atoms with Crippen molar-refractivity contribution in [3.63, 3.8) is 0 Å². The van der Waals surface area contributed by atoms with E-state index in [4.69, 9.17) is 4.74 Å². The molecule has 0 aliphatic heterocycles. The fraction of sp³-hybridized carbons (Fsp3) is 0.238. The summed E-state index contributed by atoms with van der Waals surface area (Å²) in [5.74, 6) is 1.78. The van der Waals surface area contributed by atoms with Gasteiger partial charge >= 0.3 is 0 Å². The molecule has 4 aromatic rings. The molecule has 0 unspecified atom stereocenters. The molecule has 0 spiro atoms. The SMILES string of the molecule is COc1cccc2c1ccn2CCC(=O)NCCc1nc2ccccc2[nH]1. The summed E-state index contributed by atoms with van der Waals surface area (Å²) in [6, 6.07) is 15.9. The van der Waals surface area contributed by atoms with E-state index in [9.17, 15) is 4.79 Å². The van der Waals surface area contributed by atoms with Crippen LogP contribution in [0.4, 0.5) is 0 Å². The number of carbonyl (C=O) groups excluding carboxylic acids is 1. The number of carbonyl (C=O) groups is 1. The number of hydrogen-bond acceptors (Lipinski definition) is 3. The number of rotatable bonds is 7. The van der Waals surface area contributed by atoms with Crippen molar-refractivity contribution in [1.29, 1.82) is 0 Å². The summed E-state index contributed by atoms with van der Waals surface area (Å²) in [7, 11) is 1.67. The highest BCUT2D eigenvalue weighted by Crippen LogP contribution is 2.26. The number of benzene rings is 2. The summed E-state index contributed by atoms with van der Waals surface area (Å²) in [5.41, 5.74) is 3.05. The topological polar surface area (TPSA) is 71.9 Å². The molecule has 0 fully saturated rings. The molecule has 4 rings (SSSR count). The van der Waals surface area contributed by atoms with Crippen LogP contribution in [0, 0.1) is 0 Å². The number of aromatic amines is 1. The van der Waals surface area contributed by atoms with Gasteiger partial charge in [-0.15, -0.1) is 0 Å². The highest BCUT2D eigenvalue weighted by molar-refractivity contribution is 5.86. The maximum absolute atomic E-state index is 12.2. The number of aromatic nitrogens is 3. The summed E-state index contributed by atoms with van der Waals surface area (Å²) in [4.78, 5) is 20.0. The second-order valence-corrected chi connectivity index (χ2v) is 6.45. The first-order valence-corrected chi connectivity index (χ1v) is 9.07. The molecule has 0 radical (unpaired) electrons. The van der Waals surface area contributed by atoms with Gasteiger partial charge in [-0.1, -0.05) is 18.2 Å². The van der Waals surface area contributed by atoms with Gasteiger partial charge in [0.15, 0.2) is 0 Å². The van der Waals surface area contributed by atoms with Gasteiger partial charge in [-0.05, 0) is 30.3 Å². The van der Waals surface area contributed by atoms with Gasteiger partial charge in [-0.25, -0.2) is 4.98 Å². The van der Waals surface area contributed by atoms with Crippen LogP contribution >= 0.6 is 0 Å². The quantitative estimate of drug-likeness (QED) is 0.530. The highest BCUT2D eigenvalue weighted by atomic mass is 16.5. The van der Waals surface area contributed by atoms with E-state index in [0.29, 0.717) is 25.9 Å². The Hall–Kier alpha value is -3.28. The predicted octanol–water partition coefficient (Wildman–Crippen LogP) is 3.28. The van der Waals surface area contributed by atoms with Gasteiger partial charge < -0.3 is 19.6 Å². The predicted molar refractivity (Wildman–Crippen MR) is 106 cm³/mol. The molecule has 6 heteroatoms. The Morgan fingerprint density at radius 1 is 1.19 bits per heavy atom. The van der Waals surface area contributed by atoms with Gasteiger partial charge in [0, 0.05) is 37.5 Å². The molecular formula is C21H22N4O2. The molecule has 2 N–H and O–H groups in total. The van der Waals surface area contributed by atoms with E-state index < -0.39 is 0 Å². The van der Waals surface area contributed by atoms with E-state index >= 15 is 0 Å². The van der Waals surface area contributed by atoms with Crippen molar-refractivity contribution in [2.75, 3.05) is 13.7 Å². The Kier molecular flexibility index (Phi) is 4.78. The maximum Gasteiger partial charge on any atom is 0.221 e. The summed E-state index contributed by atoms with van der Waals surface area (Å²) in [6.45, 7) is 1.20. The fourth-order valence-corrected chi connectivity index (χ4v) is 3.32. The van der Waals surface area contributed by atoms with Gasteiger partial charge in [0.25, 0.3) is 0 Å². The van der Waals surface area contributed by atoms with Crippen molar-refractivity contribution >= 4 is 27.8 Å². The zero-order valence-corrected chi connectivity index (χ0v) is 15.2. The second kappa shape index (κ2) is 7.53. The van der Waals surface area contributed by atoms with E-state index in [1.807, 2.05) is 54.7 Å². The molecule has 2 heterocycles. The minimum Gasteiger partial charge on any atom is -0.496 e. The van der Waals surface area contributed by atoms with Crippen LogP contribution in [0.5, 0.6) is 5.75 Å². The van der Waals surface area contributed by atoms with Gasteiger partial charge in [0.2, 0.25) is 5.91 Å². The first kappa shape index (κ1) is 17.1. The molecule has 0 bridgehead atoms. The number of hydrogen-bond donors (Lipinski definition) is 2. The highest BCUT2D eigenvalue weighted by Gasteiger charge is 2.08. The van der Waals surface area contributed by atoms with Crippen molar-refractivity contribution in [3.8, 4) is 5.75 Å². The second-order valence-electron chi connectivity index (χ2n) is 6.45. The van der Waals surface area contributed by atoms with Crippen LogP contribution < -0.4 is 10.1 Å². The zero-order valence-electron chi connectivity index (χ0n) is 15.2. The maximum atomic E-state index is 12.2. The van der Waals surface area contributed by atoms with Crippen molar-refractivity contribution in [2.24, 2.45) is 0 Å². The third kappa shape index (κ3) is 3.65.